The van der Waals surface area contributed by atoms with Crippen molar-refractivity contribution >= 4 is 27.4 Å². The Labute approximate surface area is 257 Å². The summed E-state index contributed by atoms with van der Waals surface area (Å²) in [6.45, 7) is 9.10. The van der Waals surface area contributed by atoms with Crippen LogP contribution in [0.4, 0.5) is 24.7 Å². The first-order valence-electron chi connectivity index (χ1n) is 14.2. The average molecular weight is 633 g/mol. The van der Waals surface area contributed by atoms with Gasteiger partial charge in [-0.05, 0) is 69.5 Å². The largest absolute Gasteiger partial charge is 0.416 e. The Balaban J connectivity index is 1.78. The van der Waals surface area contributed by atoms with Crippen LogP contribution in [0.5, 0.6) is 0 Å². The van der Waals surface area contributed by atoms with E-state index in [9.17, 15) is 31.5 Å². The van der Waals surface area contributed by atoms with Crippen LogP contribution in [0.25, 0.3) is 11.1 Å². The van der Waals surface area contributed by atoms with E-state index in [4.69, 9.17) is 0 Å². The molecule has 2 heterocycles. The molecule has 1 aliphatic heterocycles. The zero-order chi connectivity index (χ0) is 32.8. The lowest BCUT2D eigenvalue weighted by atomic mass is 9.81. The Morgan fingerprint density at radius 2 is 1.66 bits per heavy atom. The van der Waals surface area contributed by atoms with E-state index in [1.54, 1.807) is 40.1 Å². The number of sulfonamides is 1. The van der Waals surface area contributed by atoms with Crippen molar-refractivity contribution in [2.24, 2.45) is 0 Å². The van der Waals surface area contributed by atoms with Crippen LogP contribution >= 0.6 is 0 Å². The van der Waals surface area contributed by atoms with Crippen molar-refractivity contribution < 1.29 is 31.5 Å². The Bertz CT molecular complexity index is 1670. The summed E-state index contributed by atoms with van der Waals surface area (Å²) >= 11 is 0. The molecule has 2 aromatic carbocycles. The molecule has 12 heteroatoms. The molecule has 1 saturated heterocycles. The maximum Gasteiger partial charge on any atom is 0.416 e. The standard InChI is InChI=1S/C32H39F3N4O4S/c1-20-8-9-26(22(3)12-20)27-16-29(38-10-11-39(44(7,42)43)25(18-38)19-40)36-17-28(27)37(6)30(41)31(4,5)23-13-21(2)14-24(15-23)32(33,34)35/h8-9,12-17,25,40H,10-11,18-19H2,1-7H3. The van der Waals surface area contributed by atoms with Crippen molar-refractivity contribution in [2.45, 2.75) is 52.3 Å². The average Bonchev–Trinajstić information content (AvgIpc) is 2.94. The lowest BCUT2D eigenvalue weighted by Gasteiger charge is -2.40. The Hall–Kier alpha value is -3.48. The molecule has 1 atom stereocenters. The van der Waals surface area contributed by atoms with Crippen LogP contribution in [0.3, 0.4) is 0 Å². The van der Waals surface area contributed by atoms with E-state index in [0.717, 1.165) is 35.1 Å². The van der Waals surface area contributed by atoms with E-state index in [0.29, 0.717) is 29.2 Å². The fourth-order valence-corrected chi connectivity index (χ4v) is 6.89. The number of aliphatic hydroxyl groups excluding tert-OH is 1. The van der Waals surface area contributed by atoms with Gasteiger partial charge in [0.15, 0.2) is 0 Å². The lowest BCUT2D eigenvalue weighted by Crippen LogP contribution is -2.56. The second-order valence-electron chi connectivity index (χ2n) is 12.1. The summed E-state index contributed by atoms with van der Waals surface area (Å²) < 4.78 is 66.7. The van der Waals surface area contributed by atoms with Gasteiger partial charge in [0.25, 0.3) is 0 Å². The van der Waals surface area contributed by atoms with Crippen LogP contribution in [-0.4, -0.2) is 74.3 Å². The van der Waals surface area contributed by atoms with Gasteiger partial charge in [0.1, 0.15) is 5.82 Å². The number of nitrogens with zero attached hydrogens (tertiary/aromatic N) is 4. The monoisotopic (exact) mass is 632 g/mol. The van der Waals surface area contributed by atoms with Gasteiger partial charge in [0, 0.05) is 32.2 Å². The minimum atomic E-state index is -4.55. The van der Waals surface area contributed by atoms with Crippen LogP contribution < -0.4 is 9.80 Å². The van der Waals surface area contributed by atoms with Gasteiger partial charge < -0.3 is 14.9 Å². The number of carbonyl (C=O) groups is 1. The number of aryl methyl sites for hydroxylation is 3. The number of hydrogen-bond donors (Lipinski definition) is 1. The molecule has 0 radical (unpaired) electrons. The Morgan fingerprint density at radius 1 is 1.00 bits per heavy atom. The van der Waals surface area contributed by atoms with Gasteiger partial charge in [-0.2, -0.15) is 17.5 Å². The molecule has 8 nitrogen and oxygen atoms in total. The third-order valence-corrected chi connectivity index (χ3v) is 9.59. The zero-order valence-electron chi connectivity index (χ0n) is 26.0. The molecule has 4 rings (SSSR count). The molecule has 44 heavy (non-hydrogen) atoms. The number of alkyl halides is 3. The molecule has 0 bridgehead atoms. The number of amides is 1. The highest BCUT2D eigenvalue weighted by atomic mass is 32.2. The first-order chi connectivity index (χ1) is 20.3. The number of hydrogen-bond acceptors (Lipinski definition) is 6. The topological polar surface area (TPSA) is 94.1 Å². The minimum absolute atomic E-state index is 0.176. The highest BCUT2D eigenvalue weighted by molar-refractivity contribution is 7.88. The number of pyridine rings is 1. The Morgan fingerprint density at radius 3 is 2.25 bits per heavy atom. The summed E-state index contributed by atoms with van der Waals surface area (Å²) in [6.07, 6.45) is -1.87. The number of aromatic nitrogens is 1. The fraction of sp³-hybridized carbons (Fsp3) is 0.438. The molecule has 1 aliphatic rings. The summed E-state index contributed by atoms with van der Waals surface area (Å²) in [4.78, 5) is 22.0. The first-order valence-corrected chi connectivity index (χ1v) is 16.1. The molecule has 3 aromatic rings. The summed E-state index contributed by atoms with van der Waals surface area (Å²) in [7, 11) is -1.93. The number of carbonyl (C=O) groups excluding carboxylic acids is 1. The van der Waals surface area contributed by atoms with Gasteiger partial charge >= 0.3 is 6.18 Å². The van der Waals surface area contributed by atoms with Crippen LogP contribution in [0.15, 0.2) is 48.7 Å². The second-order valence-corrected chi connectivity index (χ2v) is 14.0. The molecule has 1 N–H and O–H groups in total. The minimum Gasteiger partial charge on any atom is -0.395 e. The summed E-state index contributed by atoms with van der Waals surface area (Å²) in [5.41, 5.74) is 2.53. The van der Waals surface area contributed by atoms with E-state index in [1.165, 1.54) is 9.21 Å². The number of benzene rings is 2. The van der Waals surface area contributed by atoms with Crippen LogP contribution in [-0.2, 0) is 26.4 Å². The van der Waals surface area contributed by atoms with E-state index in [2.05, 4.69) is 4.98 Å². The van der Waals surface area contributed by atoms with Gasteiger partial charge in [-0.3, -0.25) is 4.79 Å². The molecular formula is C32H39F3N4O4S. The van der Waals surface area contributed by atoms with Crippen LogP contribution in [0, 0.1) is 20.8 Å². The molecule has 0 aliphatic carbocycles. The molecule has 1 aromatic heterocycles. The molecular weight excluding hydrogens is 593 g/mol. The second kappa shape index (κ2) is 12.1. The SMILES string of the molecule is Cc1cc(C(F)(F)F)cc(C(C)(C)C(=O)N(C)c2cnc(N3CCN(S(C)(=O)=O)C(CO)C3)cc2-c2ccc(C)cc2C)c1. The number of aliphatic hydroxyl groups is 1. The van der Waals surface area contributed by atoms with Crippen LogP contribution in [0.1, 0.15) is 41.7 Å². The number of anilines is 2. The quantitative estimate of drug-likeness (QED) is 0.391. The predicted octanol–water partition coefficient (Wildman–Crippen LogP) is 5.08. The molecule has 238 valence electrons. The van der Waals surface area contributed by atoms with Crippen molar-refractivity contribution in [1.82, 2.24) is 9.29 Å². The van der Waals surface area contributed by atoms with E-state index in [1.807, 2.05) is 43.0 Å². The smallest absolute Gasteiger partial charge is 0.395 e. The molecule has 1 unspecified atom stereocenters. The van der Waals surface area contributed by atoms with E-state index >= 15 is 0 Å². The summed E-state index contributed by atoms with van der Waals surface area (Å²) in [5, 5.41) is 9.95. The molecule has 0 spiro atoms. The highest BCUT2D eigenvalue weighted by Gasteiger charge is 2.38. The van der Waals surface area contributed by atoms with Crippen molar-refractivity contribution in [3.63, 3.8) is 0 Å². The van der Waals surface area contributed by atoms with E-state index in [-0.39, 0.29) is 25.3 Å². The van der Waals surface area contributed by atoms with Gasteiger partial charge in [-0.1, -0.05) is 35.4 Å². The third kappa shape index (κ3) is 6.77. The van der Waals surface area contributed by atoms with Crippen molar-refractivity contribution in [2.75, 3.05) is 49.3 Å². The van der Waals surface area contributed by atoms with Gasteiger partial charge in [0.2, 0.25) is 15.9 Å². The van der Waals surface area contributed by atoms with Crippen LogP contribution in [0.2, 0.25) is 0 Å². The first kappa shape index (κ1) is 33.4. The highest BCUT2D eigenvalue weighted by Crippen LogP contribution is 2.39. The van der Waals surface area contributed by atoms with E-state index < -0.39 is 39.1 Å². The zero-order valence-corrected chi connectivity index (χ0v) is 26.8. The Kier molecular flexibility index (Phi) is 9.21. The fourth-order valence-electron chi connectivity index (χ4n) is 5.80. The molecule has 0 saturated carbocycles. The van der Waals surface area contributed by atoms with Crippen molar-refractivity contribution in [1.29, 1.82) is 0 Å². The normalized spacial score (nSPS) is 16.7. The maximum absolute atomic E-state index is 14.1. The maximum atomic E-state index is 14.1. The molecule has 1 fully saturated rings. The lowest BCUT2D eigenvalue weighted by molar-refractivity contribution is -0.137. The number of piperazine rings is 1. The molecule has 1 amide bonds. The summed E-state index contributed by atoms with van der Waals surface area (Å²) in [5.74, 6) is 0.128. The van der Waals surface area contributed by atoms with Crippen molar-refractivity contribution in [3.05, 3.63) is 76.5 Å². The summed E-state index contributed by atoms with van der Waals surface area (Å²) in [6, 6.07) is 10.8. The third-order valence-electron chi connectivity index (χ3n) is 8.26. The van der Waals surface area contributed by atoms with Crippen molar-refractivity contribution in [3.8, 4) is 11.1 Å². The number of halogens is 3. The number of rotatable bonds is 7. The van der Waals surface area contributed by atoms with Gasteiger partial charge in [-0.25, -0.2) is 13.4 Å². The van der Waals surface area contributed by atoms with Gasteiger partial charge in [0.05, 0.1) is 41.8 Å². The van der Waals surface area contributed by atoms with Gasteiger partial charge in [-0.15, -0.1) is 0 Å². The predicted molar refractivity (Wildman–Crippen MR) is 166 cm³/mol. The number of likely N-dealkylation sites (N-methyl/N-ethyl adjacent to an activating group) is 1.